The molecule has 2 aromatic rings. The number of aliphatic carboxylic acids is 1. The van der Waals surface area contributed by atoms with Crippen molar-refractivity contribution < 1.29 is 24.1 Å². The van der Waals surface area contributed by atoms with E-state index in [1.165, 1.54) is 0 Å². The van der Waals surface area contributed by atoms with Crippen molar-refractivity contribution >= 4 is 5.97 Å². The van der Waals surface area contributed by atoms with Crippen LogP contribution in [0.1, 0.15) is 18.1 Å². The highest BCUT2D eigenvalue weighted by Crippen LogP contribution is 2.41. The Morgan fingerprint density at radius 2 is 1.39 bits per heavy atom. The summed E-state index contributed by atoms with van der Waals surface area (Å²) < 4.78 is 15.6. The van der Waals surface area contributed by atoms with Crippen LogP contribution in [0, 0.1) is 0 Å². The molecule has 2 rings (SSSR count). The first-order chi connectivity index (χ1) is 13.5. The SMILES string of the molecule is C/C=C(\C=C/COC)C(C(=O)O)(c1ccc(OC)cc1)c1ccc(OC)cc1. The van der Waals surface area contributed by atoms with E-state index >= 15 is 0 Å². The zero-order valence-corrected chi connectivity index (χ0v) is 16.6. The maximum absolute atomic E-state index is 12.8. The summed E-state index contributed by atoms with van der Waals surface area (Å²) in [7, 11) is 4.75. The Balaban J connectivity index is 2.76. The zero-order valence-electron chi connectivity index (χ0n) is 16.6. The molecule has 0 aromatic heterocycles. The molecular formula is C23H26O5. The Morgan fingerprint density at radius 1 is 0.929 bits per heavy atom. The summed E-state index contributed by atoms with van der Waals surface area (Å²) in [5.41, 5.74) is 0.493. The topological polar surface area (TPSA) is 65.0 Å². The number of carboxylic acid groups (broad SMARTS) is 1. The van der Waals surface area contributed by atoms with Crippen LogP contribution in [0.2, 0.25) is 0 Å². The lowest BCUT2D eigenvalue weighted by atomic mass is 9.68. The van der Waals surface area contributed by atoms with Crippen LogP contribution in [0.5, 0.6) is 11.5 Å². The fourth-order valence-electron chi connectivity index (χ4n) is 3.26. The summed E-state index contributed by atoms with van der Waals surface area (Å²) in [6, 6.07) is 14.2. The van der Waals surface area contributed by atoms with E-state index in [-0.39, 0.29) is 0 Å². The maximum atomic E-state index is 12.8. The highest BCUT2D eigenvalue weighted by atomic mass is 16.5. The van der Waals surface area contributed by atoms with Crippen molar-refractivity contribution in [3.8, 4) is 11.5 Å². The second-order valence-electron chi connectivity index (χ2n) is 6.11. The number of ether oxygens (including phenoxy) is 3. The van der Waals surface area contributed by atoms with E-state index in [0.29, 0.717) is 34.8 Å². The number of hydrogen-bond acceptors (Lipinski definition) is 4. The first-order valence-electron chi connectivity index (χ1n) is 8.89. The summed E-state index contributed by atoms with van der Waals surface area (Å²) in [5.74, 6) is 0.349. The van der Waals surface area contributed by atoms with Gasteiger partial charge in [-0.2, -0.15) is 0 Å². The van der Waals surface area contributed by atoms with E-state index < -0.39 is 11.4 Å². The summed E-state index contributed by atoms with van der Waals surface area (Å²) in [4.78, 5) is 12.8. The van der Waals surface area contributed by atoms with Gasteiger partial charge in [0.25, 0.3) is 0 Å². The number of methoxy groups -OCH3 is 3. The lowest BCUT2D eigenvalue weighted by Gasteiger charge is -2.32. The van der Waals surface area contributed by atoms with Crippen molar-refractivity contribution in [2.45, 2.75) is 12.3 Å². The molecule has 0 aliphatic carbocycles. The van der Waals surface area contributed by atoms with Gasteiger partial charge in [0.2, 0.25) is 0 Å². The fourth-order valence-corrected chi connectivity index (χ4v) is 3.26. The maximum Gasteiger partial charge on any atom is 0.323 e. The molecule has 0 unspecified atom stereocenters. The van der Waals surface area contributed by atoms with Gasteiger partial charge in [0.15, 0.2) is 0 Å². The molecule has 0 aliphatic rings. The molecule has 0 atom stereocenters. The predicted molar refractivity (Wildman–Crippen MR) is 109 cm³/mol. The van der Waals surface area contributed by atoms with Crippen molar-refractivity contribution in [1.82, 2.24) is 0 Å². The van der Waals surface area contributed by atoms with E-state index in [9.17, 15) is 9.90 Å². The molecule has 1 N–H and O–H groups in total. The summed E-state index contributed by atoms with van der Waals surface area (Å²) in [6.45, 7) is 2.22. The summed E-state index contributed by atoms with van der Waals surface area (Å²) in [6.07, 6.45) is 5.42. The highest BCUT2D eigenvalue weighted by molar-refractivity contribution is 5.91. The van der Waals surface area contributed by atoms with Crippen LogP contribution in [0.25, 0.3) is 0 Å². The van der Waals surface area contributed by atoms with Gasteiger partial charge in [-0.05, 0) is 47.9 Å². The molecule has 0 saturated heterocycles. The average Bonchev–Trinajstić information content (AvgIpc) is 2.73. The molecule has 148 valence electrons. The molecular weight excluding hydrogens is 356 g/mol. The van der Waals surface area contributed by atoms with Crippen LogP contribution in [-0.4, -0.2) is 39.0 Å². The van der Waals surface area contributed by atoms with Gasteiger partial charge in [0.1, 0.15) is 16.9 Å². The summed E-state index contributed by atoms with van der Waals surface area (Å²) >= 11 is 0. The molecule has 0 aliphatic heterocycles. The molecule has 0 heterocycles. The van der Waals surface area contributed by atoms with Crippen molar-refractivity contribution in [2.24, 2.45) is 0 Å². The van der Waals surface area contributed by atoms with Crippen molar-refractivity contribution in [3.63, 3.8) is 0 Å². The average molecular weight is 382 g/mol. The van der Waals surface area contributed by atoms with Crippen LogP contribution in [0.4, 0.5) is 0 Å². The van der Waals surface area contributed by atoms with Crippen molar-refractivity contribution in [3.05, 3.63) is 83.5 Å². The Hall–Kier alpha value is -3.05. The first kappa shape index (κ1) is 21.3. The standard InChI is InChI=1S/C23H26O5/c1-5-17(7-6-16-26-2)23(22(24)25,18-8-12-20(27-3)13-9-18)19-10-14-21(28-4)15-11-19/h5-15H,16H2,1-4H3,(H,24,25)/b7-6-,17-5+. The van der Waals surface area contributed by atoms with Crippen LogP contribution in [0.3, 0.4) is 0 Å². The smallest absolute Gasteiger partial charge is 0.323 e. The molecule has 0 bridgehead atoms. The normalized spacial score (nSPS) is 12.2. The monoisotopic (exact) mass is 382 g/mol. The Kier molecular flexibility index (Phi) is 7.41. The number of benzene rings is 2. The van der Waals surface area contributed by atoms with Gasteiger partial charge in [-0.1, -0.05) is 42.5 Å². The van der Waals surface area contributed by atoms with Gasteiger partial charge >= 0.3 is 5.97 Å². The van der Waals surface area contributed by atoms with Gasteiger partial charge in [0, 0.05) is 7.11 Å². The second-order valence-corrected chi connectivity index (χ2v) is 6.11. The Morgan fingerprint density at radius 3 is 1.71 bits per heavy atom. The van der Waals surface area contributed by atoms with Crippen LogP contribution < -0.4 is 9.47 Å². The molecule has 0 radical (unpaired) electrons. The van der Waals surface area contributed by atoms with Crippen LogP contribution in [-0.2, 0) is 14.9 Å². The van der Waals surface area contributed by atoms with E-state index in [0.717, 1.165) is 0 Å². The van der Waals surface area contributed by atoms with Crippen molar-refractivity contribution in [1.29, 1.82) is 0 Å². The minimum atomic E-state index is -1.39. The van der Waals surface area contributed by atoms with E-state index in [1.807, 2.05) is 13.0 Å². The van der Waals surface area contributed by atoms with E-state index in [2.05, 4.69) is 0 Å². The first-order valence-corrected chi connectivity index (χ1v) is 8.89. The molecule has 5 nitrogen and oxygen atoms in total. The quantitative estimate of drug-likeness (QED) is 0.658. The molecule has 5 heteroatoms. The molecule has 0 fully saturated rings. The minimum absolute atomic E-state index is 0.387. The van der Waals surface area contributed by atoms with Gasteiger partial charge in [0.05, 0.1) is 20.8 Å². The van der Waals surface area contributed by atoms with Gasteiger partial charge < -0.3 is 19.3 Å². The fraction of sp³-hybridized carbons (Fsp3) is 0.261. The van der Waals surface area contributed by atoms with Gasteiger partial charge in [-0.25, -0.2) is 0 Å². The van der Waals surface area contributed by atoms with Gasteiger partial charge in [-0.3, -0.25) is 4.79 Å². The number of carbonyl (C=O) groups is 1. The van der Waals surface area contributed by atoms with Crippen LogP contribution in [0.15, 0.2) is 72.3 Å². The number of allylic oxidation sites excluding steroid dienone is 2. The van der Waals surface area contributed by atoms with Crippen LogP contribution >= 0.6 is 0 Å². The zero-order chi connectivity index (χ0) is 20.6. The molecule has 28 heavy (non-hydrogen) atoms. The third kappa shape index (κ3) is 4.10. The van der Waals surface area contributed by atoms with Gasteiger partial charge in [-0.15, -0.1) is 0 Å². The lowest BCUT2D eigenvalue weighted by Crippen LogP contribution is -2.38. The molecule has 0 amide bonds. The molecule has 0 saturated carbocycles. The van der Waals surface area contributed by atoms with E-state index in [1.54, 1.807) is 82.0 Å². The number of hydrogen-bond donors (Lipinski definition) is 1. The lowest BCUT2D eigenvalue weighted by molar-refractivity contribution is -0.140. The van der Waals surface area contributed by atoms with Crippen molar-refractivity contribution in [2.75, 3.05) is 27.9 Å². The number of carboxylic acids is 1. The third-order valence-electron chi connectivity index (χ3n) is 4.67. The van der Waals surface area contributed by atoms with E-state index in [4.69, 9.17) is 14.2 Å². The summed E-state index contributed by atoms with van der Waals surface area (Å²) in [5, 5.41) is 10.5. The minimum Gasteiger partial charge on any atom is -0.497 e. The Bertz CT molecular complexity index is 785. The molecule has 0 spiro atoms. The second kappa shape index (κ2) is 9.76. The largest absolute Gasteiger partial charge is 0.497 e. The predicted octanol–water partition coefficient (Wildman–Crippen LogP) is 4.22. The molecule has 2 aromatic carbocycles. The Labute approximate surface area is 165 Å². The number of rotatable bonds is 9. The third-order valence-corrected chi connectivity index (χ3v) is 4.67. The highest BCUT2D eigenvalue weighted by Gasteiger charge is 2.44.